The third-order valence-corrected chi connectivity index (χ3v) is 3.13. The molecule has 1 atom stereocenters. The number of halogens is 1. The van der Waals surface area contributed by atoms with Gasteiger partial charge in [0.2, 0.25) is 0 Å². The van der Waals surface area contributed by atoms with Crippen LogP contribution in [-0.2, 0) is 26.6 Å². The van der Waals surface area contributed by atoms with E-state index in [1.54, 1.807) is 27.8 Å². The summed E-state index contributed by atoms with van der Waals surface area (Å²) in [6.45, 7) is 5.10. The molecule has 1 N–H and O–H groups in total. The predicted octanol–water partition coefficient (Wildman–Crippen LogP) is 3.03. The molecule has 0 unspecified atom stereocenters. The molecular formula is C16H22ClNO4. The smallest absolute Gasteiger partial charge is 0.428 e. The van der Waals surface area contributed by atoms with E-state index in [-0.39, 0.29) is 0 Å². The van der Waals surface area contributed by atoms with Crippen molar-refractivity contribution in [2.45, 2.75) is 44.7 Å². The first-order chi connectivity index (χ1) is 10.2. The zero-order chi connectivity index (χ0) is 16.8. The van der Waals surface area contributed by atoms with E-state index in [4.69, 9.17) is 21.1 Å². The van der Waals surface area contributed by atoms with Gasteiger partial charge in [0.15, 0.2) is 0 Å². The summed E-state index contributed by atoms with van der Waals surface area (Å²) >= 11 is 5.73. The van der Waals surface area contributed by atoms with Crippen molar-refractivity contribution in [2.75, 3.05) is 7.05 Å². The Hall–Kier alpha value is -1.59. The number of likely N-dealkylation sites (N-methyl/N-ethyl adjacent to an activating group) is 1. The van der Waals surface area contributed by atoms with E-state index in [1.807, 2.05) is 24.3 Å². The first-order valence-electron chi connectivity index (χ1n) is 7.01. The van der Waals surface area contributed by atoms with Gasteiger partial charge in [-0.1, -0.05) is 24.3 Å². The molecule has 122 valence electrons. The molecule has 0 aliphatic carbocycles. The Bertz CT molecular complexity index is 508. The zero-order valence-electron chi connectivity index (χ0n) is 13.3. The second-order valence-corrected chi connectivity index (χ2v) is 6.15. The van der Waals surface area contributed by atoms with Crippen LogP contribution in [0.1, 0.15) is 31.9 Å². The molecule has 22 heavy (non-hydrogen) atoms. The Balaban J connectivity index is 2.62. The summed E-state index contributed by atoms with van der Waals surface area (Å²) in [5.41, 5.74) is 1.24. The highest BCUT2D eigenvalue weighted by Crippen LogP contribution is 2.11. The average Bonchev–Trinajstić information content (AvgIpc) is 2.43. The summed E-state index contributed by atoms with van der Waals surface area (Å²) < 4.78 is 9.67. The van der Waals surface area contributed by atoms with Gasteiger partial charge in [0.25, 0.3) is 0 Å². The number of hydrogen-bond donors (Lipinski definition) is 1. The van der Waals surface area contributed by atoms with Crippen LogP contribution in [0.15, 0.2) is 24.3 Å². The maximum Gasteiger partial charge on any atom is 0.516 e. The third-order valence-electron chi connectivity index (χ3n) is 2.82. The standard InChI is InChI=1S/C16H22ClNO4/c1-16(2,3)22-15(20)21-14(19)13(18-4)9-11-5-7-12(10-17)8-6-11/h5-8,13,18H,9-10H2,1-4H3/t13-/m0/s1. The normalized spacial score (nSPS) is 12.6. The number of carbonyl (C=O) groups is 2. The van der Waals surface area contributed by atoms with Gasteiger partial charge < -0.3 is 14.8 Å². The fraction of sp³-hybridized carbons (Fsp3) is 0.500. The van der Waals surface area contributed by atoms with Gasteiger partial charge in [-0.25, -0.2) is 9.59 Å². The lowest BCUT2D eigenvalue weighted by Crippen LogP contribution is -2.39. The molecule has 0 aliphatic heterocycles. The Morgan fingerprint density at radius 1 is 1.18 bits per heavy atom. The SMILES string of the molecule is CN[C@@H](Cc1ccc(CCl)cc1)C(=O)OC(=O)OC(C)(C)C. The fourth-order valence-corrected chi connectivity index (χ4v) is 1.91. The maximum atomic E-state index is 12.0. The molecule has 1 aromatic carbocycles. The lowest BCUT2D eigenvalue weighted by atomic mass is 10.0. The van der Waals surface area contributed by atoms with Gasteiger partial charge in [-0.15, -0.1) is 11.6 Å². The van der Waals surface area contributed by atoms with Crippen LogP contribution in [0.2, 0.25) is 0 Å². The Morgan fingerprint density at radius 3 is 2.18 bits per heavy atom. The Kier molecular flexibility index (Phi) is 6.84. The summed E-state index contributed by atoms with van der Waals surface area (Å²) in [6.07, 6.45) is -0.587. The molecule has 0 spiro atoms. The molecule has 0 aliphatic rings. The highest BCUT2D eigenvalue weighted by molar-refractivity contribution is 6.17. The van der Waals surface area contributed by atoms with E-state index < -0.39 is 23.8 Å². The minimum absolute atomic E-state index is 0.403. The van der Waals surface area contributed by atoms with E-state index in [0.29, 0.717) is 12.3 Å². The molecule has 0 heterocycles. The topological polar surface area (TPSA) is 64.6 Å². The molecule has 0 bridgehead atoms. The number of nitrogens with one attached hydrogen (secondary N) is 1. The summed E-state index contributed by atoms with van der Waals surface area (Å²) in [7, 11) is 1.63. The van der Waals surface area contributed by atoms with Gasteiger partial charge in [-0.3, -0.25) is 0 Å². The van der Waals surface area contributed by atoms with Crippen LogP contribution >= 0.6 is 11.6 Å². The predicted molar refractivity (Wildman–Crippen MR) is 84.9 cm³/mol. The highest BCUT2D eigenvalue weighted by Gasteiger charge is 2.25. The molecule has 0 aromatic heterocycles. The Labute approximate surface area is 135 Å². The second kappa shape index (κ2) is 8.15. The van der Waals surface area contributed by atoms with Crippen molar-refractivity contribution in [2.24, 2.45) is 0 Å². The number of benzene rings is 1. The Morgan fingerprint density at radius 2 is 1.73 bits per heavy atom. The molecule has 1 aromatic rings. The number of carbonyl (C=O) groups excluding carboxylic acids is 2. The molecule has 6 heteroatoms. The highest BCUT2D eigenvalue weighted by atomic mass is 35.5. The van der Waals surface area contributed by atoms with Gasteiger partial charge in [0, 0.05) is 5.88 Å². The molecule has 0 radical (unpaired) electrons. The van der Waals surface area contributed by atoms with Crippen LogP contribution in [0, 0.1) is 0 Å². The minimum atomic E-state index is -0.991. The van der Waals surface area contributed by atoms with E-state index in [1.165, 1.54) is 0 Å². The number of esters is 1. The van der Waals surface area contributed by atoms with Crippen LogP contribution in [-0.4, -0.2) is 30.8 Å². The van der Waals surface area contributed by atoms with E-state index in [0.717, 1.165) is 11.1 Å². The molecule has 0 fully saturated rings. The van der Waals surface area contributed by atoms with Crippen LogP contribution in [0.4, 0.5) is 4.79 Å². The summed E-state index contributed by atoms with van der Waals surface area (Å²) in [6, 6.07) is 6.95. The van der Waals surface area contributed by atoms with Crippen molar-refractivity contribution in [1.82, 2.24) is 5.32 Å². The molecule has 5 nitrogen and oxygen atoms in total. The molecule has 0 saturated heterocycles. The van der Waals surface area contributed by atoms with E-state index in [2.05, 4.69) is 5.32 Å². The van der Waals surface area contributed by atoms with Crippen molar-refractivity contribution >= 4 is 23.7 Å². The summed E-state index contributed by atoms with van der Waals surface area (Å²) in [5.74, 6) is -0.227. The van der Waals surface area contributed by atoms with Crippen molar-refractivity contribution in [1.29, 1.82) is 0 Å². The van der Waals surface area contributed by atoms with Crippen molar-refractivity contribution in [3.05, 3.63) is 35.4 Å². The van der Waals surface area contributed by atoms with Gasteiger partial charge in [-0.2, -0.15) is 0 Å². The average molecular weight is 328 g/mol. The molecule has 1 rings (SSSR count). The minimum Gasteiger partial charge on any atom is -0.428 e. The van der Waals surface area contributed by atoms with Gasteiger partial charge in [0.05, 0.1) is 0 Å². The second-order valence-electron chi connectivity index (χ2n) is 5.88. The van der Waals surface area contributed by atoms with Gasteiger partial charge in [0.1, 0.15) is 11.6 Å². The van der Waals surface area contributed by atoms with Gasteiger partial charge in [-0.05, 0) is 45.4 Å². The lowest BCUT2D eigenvalue weighted by Gasteiger charge is -2.20. The summed E-state index contributed by atoms with van der Waals surface area (Å²) in [4.78, 5) is 23.5. The van der Waals surface area contributed by atoms with Gasteiger partial charge >= 0.3 is 12.1 Å². The number of ether oxygens (including phenoxy) is 2. The van der Waals surface area contributed by atoms with Crippen LogP contribution < -0.4 is 5.32 Å². The van der Waals surface area contributed by atoms with Crippen LogP contribution in [0.3, 0.4) is 0 Å². The summed E-state index contributed by atoms with van der Waals surface area (Å²) in [5, 5.41) is 2.84. The maximum absolute atomic E-state index is 12.0. The zero-order valence-corrected chi connectivity index (χ0v) is 14.1. The van der Waals surface area contributed by atoms with Crippen molar-refractivity contribution < 1.29 is 19.1 Å². The number of alkyl halides is 1. The molecule has 0 amide bonds. The van der Waals surface area contributed by atoms with E-state index in [9.17, 15) is 9.59 Å². The number of rotatable bonds is 5. The van der Waals surface area contributed by atoms with Crippen LogP contribution in [0.5, 0.6) is 0 Å². The third kappa shape index (κ3) is 6.45. The largest absolute Gasteiger partial charge is 0.516 e. The van der Waals surface area contributed by atoms with Crippen LogP contribution in [0.25, 0.3) is 0 Å². The quantitative estimate of drug-likeness (QED) is 0.511. The number of hydrogen-bond acceptors (Lipinski definition) is 5. The van der Waals surface area contributed by atoms with Crippen molar-refractivity contribution in [3.8, 4) is 0 Å². The van der Waals surface area contributed by atoms with Crippen molar-refractivity contribution in [3.63, 3.8) is 0 Å². The molecule has 0 saturated carbocycles. The molecular weight excluding hydrogens is 306 g/mol. The first kappa shape index (κ1) is 18.5. The van der Waals surface area contributed by atoms with E-state index >= 15 is 0 Å². The monoisotopic (exact) mass is 327 g/mol. The lowest BCUT2D eigenvalue weighted by molar-refractivity contribution is -0.143. The fourth-order valence-electron chi connectivity index (χ4n) is 1.73. The first-order valence-corrected chi connectivity index (χ1v) is 7.54.